The van der Waals surface area contributed by atoms with Crippen molar-refractivity contribution in [3.63, 3.8) is 0 Å². The van der Waals surface area contributed by atoms with Crippen LogP contribution in [-0.2, 0) is 21.2 Å². The van der Waals surface area contributed by atoms with E-state index < -0.39 is 15.8 Å². The predicted octanol–water partition coefficient (Wildman–Crippen LogP) is 4.53. The molecule has 0 unspecified atom stereocenters. The van der Waals surface area contributed by atoms with E-state index >= 15 is 0 Å². The summed E-state index contributed by atoms with van der Waals surface area (Å²) in [4.78, 5) is 16.8. The average Bonchev–Trinajstić information content (AvgIpc) is 3.46. The zero-order chi connectivity index (χ0) is 23.4. The maximum atomic E-state index is 13.1. The lowest BCUT2D eigenvalue weighted by Gasteiger charge is -2.14. The first-order valence-corrected chi connectivity index (χ1v) is 11.9. The second kappa shape index (κ2) is 9.43. The lowest BCUT2D eigenvalue weighted by molar-refractivity contribution is -0.115. The minimum absolute atomic E-state index is 0.0277. The van der Waals surface area contributed by atoms with Gasteiger partial charge < -0.3 is 14.5 Å². The molecule has 2 aromatic heterocycles. The summed E-state index contributed by atoms with van der Waals surface area (Å²) in [7, 11) is -2.61. The van der Waals surface area contributed by atoms with E-state index in [1.54, 1.807) is 29.8 Å². The lowest BCUT2D eigenvalue weighted by atomic mass is 10.2. The number of hydrogen-bond donors (Lipinski definition) is 2. The molecule has 0 aliphatic heterocycles. The van der Waals surface area contributed by atoms with Crippen LogP contribution in [0.3, 0.4) is 0 Å². The molecule has 2 N–H and O–H groups in total. The number of aromatic nitrogens is 1. The van der Waals surface area contributed by atoms with Gasteiger partial charge in [-0.15, -0.1) is 11.3 Å². The number of sulfonamides is 1. The first-order chi connectivity index (χ1) is 15.8. The molecule has 4 rings (SSSR count). The van der Waals surface area contributed by atoms with Crippen molar-refractivity contribution in [2.45, 2.75) is 11.3 Å². The van der Waals surface area contributed by atoms with Crippen molar-refractivity contribution in [1.82, 2.24) is 4.98 Å². The third-order valence-corrected chi connectivity index (χ3v) is 6.76. The number of methoxy groups -OCH3 is 1. The summed E-state index contributed by atoms with van der Waals surface area (Å²) in [5.41, 5.74) is 1.06. The van der Waals surface area contributed by atoms with Gasteiger partial charge in [0.05, 0.1) is 36.1 Å². The topological polar surface area (TPSA) is 111 Å². The Kier molecular flexibility index (Phi) is 6.43. The average molecular weight is 488 g/mol. The number of ether oxygens (including phenoxy) is 1. The molecule has 8 nitrogen and oxygen atoms in total. The zero-order valence-corrected chi connectivity index (χ0v) is 18.9. The van der Waals surface area contributed by atoms with E-state index in [9.17, 15) is 17.6 Å². The fourth-order valence-corrected chi connectivity index (χ4v) is 4.80. The van der Waals surface area contributed by atoms with E-state index in [0.717, 1.165) is 24.3 Å². The normalized spacial score (nSPS) is 11.2. The van der Waals surface area contributed by atoms with Crippen LogP contribution in [0.1, 0.15) is 5.69 Å². The Morgan fingerprint density at radius 3 is 2.67 bits per heavy atom. The fourth-order valence-electron chi connectivity index (χ4n) is 2.95. The summed E-state index contributed by atoms with van der Waals surface area (Å²) in [6.07, 6.45) is 1.58. The predicted molar refractivity (Wildman–Crippen MR) is 122 cm³/mol. The van der Waals surface area contributed by atoms with Crippen molar-refractivity contribution in [2.75, 3.05) is 17.1 Å². The van der Waals surface area contributed by atoms with Crippen LogP contribution in [0.25, 0.3) is 10.8 Å². The standard InChI is InChI=1S/C22H18FN3O5S2/c1-30-19-9-6-15(11-18(19)26-33(28,29)17-7-4-14(23)5-8-17)24-21(27)12-16-13-32-22(25-16)20-3-2-10-31-20/h2-11,13,26H,12H2,1H3,(H,24,27). The number of halogens is 1. The van der Waals surface area contributed by atoms with Gasteiger partial charge in [0.15, 0.2) is 10.8 Å². The Labute approximate surface area is 193 Å². The van der Waals surface area contributed by atoms with E-state index in [1.807, 2.05) is 0 Å². The third kappa shape index (κ3) is 5.38. The van der Waals surface area contributed by atoms with E-state index in [0.29, 0.717) is 22.1 Å². The Morgan fingerprint density at radius 1 is 1.18 bits per heavy atom. The van der Waals surface area contributed by atoms with Crippen LogP contribution < -0.4 is 14.8 Å². The SMILES string of the molecule is COc1ccc(NC(=O)Cc2csc(-c3ccco3)n2)cc1NS(=O)(=O)c1ccc(F)cc1. The Morgan fingerprint density at radius 2 is 1.97 bits per heavy atom. The molecule has 0 atom stereocenters. The second-order valence-corrected chi connectivity index (χ2v) is 9.36. The van der Waals surface area contributed by atoms with E-state index in [-0.39, 0.29) is 28.7 Å². The van der Waals surface area contributed by atoms with Crippen LogP contribution in [0.4, 0.5) is 15.8 Å². The number of rotatable bonds is 8. The highest BCUT2D eigenvalue weighted by Gasteiger charge is 2.18. The summed E-state index contributed by atoms with van der Waals surface area (Å²) in [6, 6.07) is 12.5. The maximum Gasteiger partial charge on any atom is 0.262 e. The highest BCUT2D eigenvalue weighted by Crippen LogP contribution is 2.30. The van der Waals surface area contributed by atoms with Crippen molar-refractivity contribution in [3.05, 3.63) is 77.8 Å². The number of nitrogens with one attached hydrogen (secondary N) is 2. The first kappa shape index (κ1) is 22.5. The molecule has 0 fully saturated rings. The van der Waals surface area contributed by atoms with Gasteiger partial charge in [-0.25, -0.2) is 17.8 Å². The minimum Gasteiger partial charge on any atom is -0.495 e. The van der Waals surface area contributed by atoms with Gasteiger partial charge in [-0.2, -0.15) is 0 Å². The van der Waals surface area contributed by atoms with Crippen LogP contribution >= 0.6 is 11.3 Å². The number of amides is 1. The molecule has 1 amide bonds. The largest absolute Gasteiger partial charge is 0.495 e. The van der Waals surface area contributed by atoms with Crippen molar-refractivity contribution in [2.24, 2.45) is 0 Å². The molecule has 170 valence electrons. The second-order valence-electron chi connectivity index (χ2n) is 6.82. The lowest BCUT2D eigenvalue weighted by Crippen LogP contribution is -2.16. The van der Waals surface area contributed by atoms with E-state index in [4.69, 9.17) is 9.15 Å². The monoisotopic (exact) mass is 487 g/mol. The van der Waals surface area contributed by atoms with Crippen LogP contribution in [0.5, 0.6) is 5.75 Å². The van der Waals surface area contributed by atoms with Crippen LogP contribution in [0.15, 0.2) is 75.6 Å². The van der Waals surface area contributed by atoms with Crippen molar-refractivity contribution < 1.29 is 26.8 Å². The molecule has 0 saturated heterocycles. The smallest absolute Gasteiger partial charge is 0.262 e. The summed E-state index contributed by atoms with van der Waals surface area (Å²) in [6.45, 7) is 0. The number of carbonyl (C=O) groups excluding carboxylic acids is 1. The number of thiazole rings is 1. The summed E-state index contributed by atoms with van der Waals surface area (Å²) >= 11 is 1.37. The summed E-state index contributed by atoms with van der Waals surface area (Å²) in [5, 5.41) is 5.16. The molecular formula is C22H18FN3O5S2. The molecule has 11 heteroatoms. The summed E-state index contributed by atoms with van der Waals surface area (Å²) < 4.78 is 51.4. The molecule has 2 aromatic carbocycles. The van der Waals surface area contributed by atoms with Crippen LogP contribution in [0, 0.1) is 5.82 Å². The molecule has 0 aliphatic carbocycles. The van der Waals surface area contributed by atoms with E-state index in [2.05, 4.69) is 15.0 Å². The van der Waals surface area contributed by atoms with Crippen molar-refractivity contribution >= 4 is 38.6 Å². The quantitative estimate of drug-likeness (QED) is 0.378. The first-order valence-electron chi connectivity index (χ1n) is 9.58. The number of furan rings is 1. The molecule has 2 heterocycles. The number of nitrogens with zero attached hydrogens (tertiary/aromatic N) is 1. The van der Waals surface area contributed by atoms with Crippen molar-refractivity contribution in [1.29, 1.82) is 0 Å². The van der Waals surface area contributed by atoms with Crippen LogP contribution in [0.2, 0.25) is 0 Å². The van der Waals surface area contributed by atoms with Gasteiger partial charge in [0.25, 0.3) is 10.0 Å². The molecule has 0 bridgehead atoms. The summed E-state index contributed by atoms with van der Waals surface area (Å²) in [5.74, 6) is -0.00222. The Balaban J connectivity index is 1.48. The highest BCUT2D eigenvalue weighted by atomic mass is 32.2. The van der Waals surface area contributed by atoms with Gasteiger partial charge >= 0.3 is 0 Å². The van der Waals surface area contributed by atoms with Gasteiger partial charge in [-0.1, -0.05) is 0 Å². The minimum atomic E-state index is -4.00. The number of benzene rings is 2. The fraction of sp³-hybridized carbons (Fsp3) is 0.0909. The van der Waals surface area contributed by atoms with E-state index in [1.165, 1.54) is 30.6 Å². The van der Waals surface area contributed by atoms with Gasteiger partial charge in [0.2, 0.25) is 5.91 Å². The molecule has 4 aromatic rings. The zero-order valence-electron chi connectivity index (χ0n) is 17.2. The third-order valence-electron chi connectivity index (χ3n) is 4.48. The Hall–Kier alpha value is -3.70. The maximum absolute atomic E-state index is 13.1. The number of anilines is 2. The van der Waals surface area contributed by atoms with Gasteiger partial charge in [-0.3, -0.25) is 9.52 Å². The van der Waals surface area contributed by atoms with Crippen LogP contribution in [-0.4, -0.2) is 26.4 Å². The molecule has 0 aliphatic rings. The van der Waals surface area contributed by atoms with Gasteiger partial charge in [0.1, 0.15) is 11.6 Å². The molecular weight excluding hydrogens is 469 g/mol. The molecule has 0 spiro atoms. The highest BCUT2D eigenvalue weighted by molar-refractivity contribution is 7.92. The molecule has 33 heavy (non-hydrogen) atoms. The number of hydrogen-bond acceptors (Lipinski definition) is 7. The van der Waals surface area contributed by atoms with Gasteiger partial charge in [0, 0.05) is 11.1 Å². The van der Waals surface area contributed by atoms with Gasteiger partial charge in [-0.05, 0) is 54.6 Å². The molecule has 0 saturated carbocycles. The Bertz CT molecular complexity index is 1370. The van der Waals surface area contributed by atoms with Crippen molar-refractivity contribution in [3.8, 4) is 16.5 Å². The number of carbonyl (C=O) groups is 1. The molecule has 0 radical (unpaired) electrons.